The summed E-state index contributed by atoms with van der Waals surface area (Å²) in [7, 11) is -10.6. The Morgan fingerprint density at radius 1 is 0.513 bits per heavy atom. The summed E-state index contributed by atoms with van der Waals surface area (Å²) < 4.78 is 296. The Labute approximate surface area is 643 Å². The first-order valence-corrected chi connectivity index (χ1v) is 38.6. The van der Waals surface area contributed by atoms with Gasteiger partial charge >= 0.3 is 85.6 Å². The molecule has 21 nitrogen and oxygen atoms in total. The second-order valence-electron chi connectivity index (χ2n) is 32.0. The number of allylic oxidation sites excluding steroid dienone is 2. The van der Waals surface area contributed by atoms with Crippen LogP contribution in [0.2, 0.25) is 0 Å². The minimum absolute atomic E-state index is 0.0682. The lowest BCUT2D eigenvalue weighted by atomic mass is 9.52. The Hall–Kier alpha value is -5.85. The number of rotatable bonds is 23. The number of nitrogens with one attached hydrogen (secondary N) is 2. The Morgan fingerprint density at radius 3 is 1.37 bits per heavy atom. The summed E-state index contributed by atoms with van der Waals surface area (Å²) in [5.74, 6) is -4.41. The van der Waals surface area contributed by atoms with E-state index in [9.17, 15) is 140 Å². The highest BCUT2D eigenvalue weighted by molar-refractivity contribution is 7.90. The fraction of sp³-hybridized carbons (Fsp3) is 0.764. The molecule has 9 aliphatic rings. The van der Waals surface area contributed by atoms with Crippen molar-refractivity contribution in [3.05, 3.63) is 72.9 Å². The van der Waals surface area contributed by atoms with Crippen LogP contribution in [0, 0.1) is 59.2 Å². The first-order chi connectivity index (χ1) is 50.7. The molecule has 113 heavy (non-hydrogen) atoms. The van der Waals surface area contributed by atoms with Gasteiger partial charge in [-0.25, -0.2) is 50.3 Å². The van der Waals surface area contributed by atoms with Crippen molar-refractivity contribution in [1.29, 1.82) is 0 Å². The minimum Gasteiger partial charge on any atom is -0.461 e. The van der Waals surface area contributed by atoms with Gasteiger partial charge in [-0.3, -0.25) is 0 Å². The van der Waals surface area contributed by atoms with Gasteiger partial charge in [0.2, 0.25) is 0 Å². The Morgan fingerprint density at radius 2 is 0.973 bits per heavy atom. The lowest BCUT2D eigenvalue weighted by molar-refractivity contribution is -0.390. The molecule has 0 amide bonds. The maximum atomic E-state index is 13.2. The maximum Gasteiger partial charge on any atom is 0.511 e. The van der Waals surface area contributed by atoms with Crippen LogP contribution in [-0.4, -0.2) is 180 Å². The zero-order valence-electron chi connectivity index (χ0n) is 63.9. The third-order valence-corrected chi connectivity index (χ3v) is 23.3. The highest BCUT2D eigenvalue weighted by Crippen LogP contribution is 2.60. The quantitative estimate of drug-likeness (QED) is 0.0125. The van der Waals surface area contributed by atoms with Crippen LogP contribution in [0.3, 0.4) is 0 Å². The zero-order chi connectivity index (χ0) is 87.8. The first kappa shape index (κ1) is 101. The van der Waals surface area contributed by atoms with Crippen molar-refractivity contribution in [3.63, 3.8) is 0 Å². The molecular formula is C72H102F18N2O19S2. The topological polar surface area (TPSA) is 325 Å². The van der Waals surface area contributed by atoms with Crippen LogP contribution in [0.4, 0.5) is 79.0 Å². The van der Waals surface area contributed by atoms with E-state index < -0.39 is 170 Å². The average Bonchev–Trinajstić information content (AvgIpc) is 1.61. The molecule has 0 aromatic rings. The molecule has 9 rings (SSSR count). The van der Waals surface area contributed by atoms with Crippen molar-refractivity contribution in [3.8, 4) is 0 Å². The third kappa shape index (κ3) is 28.5. The van der Waals surface area contributed by atoms with Crippen molar-refractivity contribution in [1.82, 2.24) is 9.44 Å². The van der Waals surface area contributed by atoms with Crippen molar-refractivity contribution >= 4 is 49.9 Å². The van der Waals surface area contributed by atoms with Crippen LogP contribution in [0.15, 0.2) is 72.9 Å². The highest BCUT2D eigenvalue weighted by atomic mass is 32.2. The molecule has 15 unspecified atom stereocenters. The number of carbonyl (C=O) groups excluding carboxylic acids is 5. The fourth-order valence-electron chi connectivity index (χ4n) is 15.6. The molecular weight excluding hydrogens is 1600 g/mol. The van der Waals surface area contributed by atoms with Gasteiger partial charge in [-0.15, -0.1) is 0 Å². The van der Waals surface area contributed by atoms with E-state index in [2.05, 4.69) is 54.5 Å². The van der Waals surface area contributed by atoms with Gasteiger partial charge in [0.05, 0.1) is 11.2 Å². The standard InChI is InChI=1S/C16H22F6O4.C15H21F3O3.C14H20O3.C10H14F3NO2S.C10H15F3O3.C7H10F3NO4S/c1-8(2)12(23)26-11-6-9(13(3,4)24)5-10(7-11)14(25,15(17,18)19)16(20,21)22;1-8(2)13(19)21-12-6-9-4-10(11(12)5-9)7-14(3,20)15(16,17)18;1-9(2)12(15)17-14-6-10-3-11(7-14)5-13(16,4-10)8-14;11-10(12,13)17(15,16)14-4-3-9-6-7-1-2-8(9)5-7;1-6(2)8(14)16-7(3)5-9(4,15)10(11,12)13;1-5(2)6(12)15-4-3-11-16(13,14)7(8,9)10/h9-11,24-25H,1,5-7H2,2-4H3;9-12,20H,1,4-7H2,2-3H3;10-11,16H,1,3-8H2,2H3;1-2,7-9,14H,3-6H2;7,15H,1,5H2,2-4H3;11H,1,3-4H2,2H3. The van der Waals surface area contributed by atoms with E-state index in [-0.39, 0.29) is 71.5 Å². The van der Waals surface area contributed by atoms with Gasteiger partial charge < -0.3 is 49.2 Å². The summed E-state index contributed by atoms with van der Waals surface area (Å²) >= 11 is 0. The van der Waals surface area contributed by atoms with Gasteiger partial charge in [-0.1, -0.05) is 45.0 Å². The summed E-state index contributed by atoms with van der Waals surface area (Å²) in [5.41, 5.74) is -22.9. The number of sulfonamides is 2. The van der Waals surface area contributed by atoms with Crippen molar-refractivity contribution in [2.24, 2.45) is 59.2 Å². The molecule has 8 saturated carbocycles. The predicted molar refractivity (Wildman–Crippen MR) is 369 cm³/mol. The lowest BCUT2D eigenvalue weighted by Crippen LogP contribution is -2.63. The third-order valence-electron chi connectivity index (χ3n) is 20.9. The Bertz CT molecular complexity index is 3630. The number of alkyl halides is 18. The van der Waals surface area contributed by atoms with E-state index in [4.69, 9.17) is 19.3 Å². The summed E-state index contributed by atoms with van der Waals surface area (Å²) in [5, 5.41) is 49.0. The monoisotopic (exact) mass is 1700 g/mol. The molecule has 9 aliphatic carbocycles. The van der Waals surface area contributed by atoms with E-state index in [1.165, 1.54) is 52.7 Å². The van der Waals surface area contributed by atoms with E-state index in [0.717, 1.165) is 51.9 Å². The number of aliphatic hydroxyl groups is 5. The molecule has 0 aromatic heterocycles. The number of esters is 5. The van der Waals surface area contributed by atoms with Gasteiger partial charge in [-0.2, -0.15) is 79.0 Å². The molecule has 8 bridgehead atoms. The van der Waals surface area contributed by atoms with Gasteiger partial charge in [0.25, 0.3) is 5.60 Å². The number of fused-ring (bicyclic) bond motifs is 4. The smallest absolute Gasteiger partial charge is 0.461 e. The maximum absolute atomic E-state index is 13.2. The molecule has 0 aliphatic heterocycles. The van der Waals surface area contributed by atoms with Crippen LogP contribution < -0.4 is 9.44 Å². The molecule has 652 valence electrons. The zero-order valence-corrected chi connectivity index (χ0v) is 65.5. The molecule has 0 aromatic carbocycles. The second kappa shape index (κ2) is 37.8. The summed E-state index contributed by atoms with van der Waals surface area (Å²) in [6.07, 6.45) is -12.5. The van der Waals surface area contributed by atoms with Crippen molar-refractivity contribution in [2.75, 3.05) is 19.7 Å². The molecule has 0 radical (unpaired) electrons. The van der Waals surface area contributed by atoms with E-state index >= 15 is 0 Å². The SMILES string of the molecule is C=C(C)C(=O)OC(C)CC(C)(O)C(F)(F)F.C=C(C)C(=O)OC12CC3CC(CC(O)(C3)C1)C2.C=C(C)C(=O)OC1CC(C(C)(C)O)CC(C(O)(C(F)(F)F)C(F)(F)F)C1.C=C(C)C(=O)OC1CC2CC(CC(C)(O)C(F)(F)F)C1C2.C=C(C)C(=O)OCCNS(=O)(=O)C(F)(F)F.O=S(=O)(NCCC1CC2C=CC1C2)C(F)(F)F. The number of ether oxygens (including phenoxy) is 5. The molecule has 0 heterocycles. The number of hydrogen-bond donors (Lipinski definition) is 7. The van der Waals surface area contributed by atoms with Crippen LogP contribution >= 0.6 is 0 Å². The van der Waals surface area contributed by atoms with Crippen LogP contribution in [0.1, 0.15) is 178 Å². The van der Waals surface area contributed by atoms with Crippen LogP contribution in [-0.2, 0) is 67.7 Å². The largest absolute Gasteiger partial charge is 0.511 e. The van der Waals surface area contributed by atoms with Gasteiger partial charge in [0, 0.05) is 59.7 Å². The van der Waals surface area contributed by atoms with E-state index in [1.807, 2.05) is 0 Å². The number of carbonyl (C=O) groups is 5. The lowest BCUT2D eigenvalue weighted by Gasteiger charge is -2.59. The minimum atomic E-state index is -5.99. The van der Waals surface area contributed by atoms with Gasteiger partial charge in [0.15, 0.2) is 11.2 Å². The first-order valence-electron chi connectivity index (χ1n) is 35.7. The van der Waals surface area contributed by atoms with Crippen LogP contribution in [0.25, 0.3) is 0 Å². The molecule has 0 spiro atoms. The molecule has 8 fully saturated rings. The van der Waals surface area contributed by atoms with Gasteiger partial charge in [0.1, 0.15) is 30.5 Å². The van der Waals surface area contributed by atoms with Crippen LogP contribution in [0.5, 0.6) is 0 Å². The Kier molecular flexibility index (Phi) is 33.9. The predicted octanol–water partition coefficient (Wildman–Crippen LogP) is 13.7. The molecule has 15 atom stereocenters. The number of hydrogen-bond acceptors (Lipinski definition) is 19. The van der Waals surface area contributed by atoms with Crippen molar-refractivity contribution < 1.29 is 169 Å². The summed E-state index contributed by atoms with van der Waals surface area (Å²) in [4.78, 5) is 56.7. The fourth-order valence-corrected chi connectivity index (χ4v) is 16.6. The molecule has 0 saturated heterocycles. The molecule has 41 heteroatoms. The highest BCUT2D eigenvalue weighted by Gasteiger charge is 2.74. The van der Waals surface area contributed by atoms with E-state index in [1.54, 1.807) is 18.6 Å². The molecule has 7 N–H and O–H groups in total. The van der Waals surface area contributed by atoms with Crippen molar-refractivity contribution in [2.45, 2.75) is 266 Å². The van der Waals surface area contributed by atoms with Gasteiger partial charge in [-0.05, 0) is 219 Å². The summed E-state index contributed by atoms with van der Waals surface area (Å²) in [6, 6.07) is 0. The average molecular weight is 1710 g/mol. The second-order valence-corrected chi connectivity index (χ2v) is 35.5. The van der Waals surface area contributed by atoms with E-state index in [0.29, 0.717) is 67.8 Å². The Balaban J connectivity index is 0.000000354. The normalized spacial score (nSPS) is 28.5. The summed E-state index contributed by atoms with van der Waals surface area (Å²) in [6.45, 7) is 28.1. The number of halogens is 18.